The predicted molar refractivity (Wildman–Crippen MR) is 52.0 cm³/mol. The Labute approximate surface area is 81.4 Å². The van der Waals surface area contributed by atoms with Gasteiger partial charge in [-0.3, -0.25) is 4.79 Å². The summed E-state index contributed by atoms with van der Waals surface area (Å²) < 4.78 is 0. The van der Waals surface area contributed by atoms with Gasteiger partial charge in [-0.1, -0.05) is 30.3 Å². The van der Waals surface area contributed by atoms with E-state index in [-0.39, 0.29) is 24.0 Å². The second kappa shape index (κ2) is 4.68. The monoisotopic (exact) mass is 268 g/mol. The van der Waals surface area contributed by atoms with Crippen LogP contribution >= 0.6 is 35.6 Å². The van der Waals surface area contributed by atoms with Crippen LogP contribution in [0, 0.1) is 0 Å². The first-order chi connectivity index (χ1) is 4.30. The smallest absolute Gasteiger partial charge is 0.252 e. The lowest BCUT2D eigenvalue weighted by molar-refractivity contribution is 0.108. The number of halogens is 2. The fourth-order valence-corrected chi connectivity index (χ4v) is 0.695. The molecule has 0 radical (unpaired) electrons. The van der Waals surface area contributed by atoms with Crippen molar-refractivity contribution in [2.24, 2.45) is 0 Å². The molecular weight excluding hydrogens is 262 g/mol. The van der Waals surface area contributed by atoms with E-state index in [0.29, 0.717) is 5.56 Å². The molecule has 3 heteroatoms. The van der Waals surface area contributed by atoms with Gasteiger partial charge < -0.3 is 0 Å². The van der Waals surface area contributed by atoms with Gasteiger partial charge in [0.1, 0.15) is 0 Å². The Morgan fingerprint density at radius 2 is 1.70 bits per heavy atom. The SMILES string of the molecule is I.O=C(Cl)c1ccccc1. The minimum Gasteiger partial charge on any atom is -0.276 e. The van der Waals surface area contributed by atoms with Crippen molar-refractivity contribution in [3.63, 3.8) is 0 Å². The van der Waals surface area contributed by atoms with Gasteiger partial charge in [-0.15, -0.1) is 24.0 Å². The lowest BCUT2D eigenvalue weighted by Gasteiger charge is -1.87. The molecule has 0 aliphatic rings. The van der Waals surface area contributed by atoms with Crippen molar-refractivity contribution in [3.8, 4) is 0 Å². The summed E-state index contributed by atoms with van der Waals surface area (Å²) in [6.07, 6.45) is 0. The highest BCUT2D eigenvalue weighted by molar-refractivity contribution is 14.0. The Balaban J connectivity index is 0.000000810. The zero-order chi connectivity index (χ0) is 6.69. The van der Waals surface area contributed by atoms with Crippen LogP contribution in [0.5, 0.6) is 0 Å². The molecule has 0 heterocycles. The van der Waals surface area contributed by atoms with Gasteiger partial charge in [0.2, 0.25) is 0 Å². The molecule has 0 saturated heterocycles. The fraction of sp³-hybridized carbons (Fsp3) is 0. The Hall–Kier alpha value is -0.0900. The standard InChI is InChI=1S/C7H5ClO.HI/c8-7(9)6-4-2-1-3-5-6;/h1-5H;1H. The average molecular weight is 268 g/mol. The molecular formula is C7H6ClIO. The molecule has 1 aromatic carbocycles. The van der Waals surface area contributed by atoms with Gasteiger partial charge >= 0.3 is 0 Å². The van der Waals surface area contributed by atoms with Gasteiger partial charge in [-0.2, -0.15) is 0 Å². The summed E-state index contributed by atoms with van der Waals surface area (Å²) in [5.74, 6) is 0. The van der Waals surface area contributed by atoms with E-state index in [2.05, 4.69) is 0 Å². The van der Waals surface area contributed by atoms with E-state index < -0.39 is 5.24 Å². The maximum atomic E-state index is 10.4. The van der Waals surface area contributed by atoms with E-state index in [1.807, 2.05) is 6.07 Å². The first-order valence-corrected chi connectivity index (χ1v) is 2.93. The third kappa shape index (κ3) is 2.66. The molecule has 0 saturated carbocycles. The van der Waals surface area contributed by atoms with Crippen LogP contribution < -0.4 is 0 Å². The first kappa shape index (κ1) is 9.91. The van der Waals surface area contributed by atoms with Crippen LogP contribution in [0.1, 0.15) is 10.4 Å². The van der Waals surface area contributed by atoms with Crippen molar-refractivity contribution >= 4 is 40.8 Å². The van der Waals surface area contributed by atoms with Crippen LogP contribution in [0.3, 0.4) is 0 Å². The number of carbonyl (C=O) groups excluding carboxylic acids is 1. The zero-order valence-electron chi connectivity index (χ0n) is 5.08. The third-order valence-electron chi connectivity index (χ3n) is 1.00. The quantitative estimate of drug-likeness (QED) is 0.565. The molecule has 0 amide bonds. The molecule has 0 fully saturated rings. The second-order valence-electron chi connectivity index (χ2n) is 1.64. The lowest BCUT2D eigenvalue weighted by Crippen LogP contribution is -1.84. The molecule has 1 rings (SSSR count). The number of carbonyl (C=O) groups is 1. The lowest BCUT2D eigenvalue weighted by atomic mass is 10.2. The maximum absolute atomic E-state index is 10.4. The van der Waals surface area contributed by atoms with Crippen molar-refractivity contribution in [2.75, 3.05) is 0 Å². The summed E-state index contributed by atoms with van der Waals surface area (Å²) >= 11 is 5.16. The van der Waals surface area contributed by atoms with Gasteiger partial charge in [0.05, 0.1) is 0 Å². The Kier molecular flexibility index (Phi) is 4.64. The Bertz CT molecular complexity index is 210. The second-order valence-corrected chi connectivity index (χ2v) is 1.98. The first-order valence-electron chi connectivity index (χ1n) is 2.55. The van der Waals surface area contributed by atoms with Gasteiger partial charge in [-0.25, -0.2) is 0 Å². The number of hydrogen-bond donors (Lipinski definition) is 0. The highest BCUT2D eigenvalue weighted by atomic mass is 127. The molecule has 1 aromatic rings. The summed E-state index contributed by atoms with van der Waals surface area (Å²) in [4.78, 5) is 10.4. The highest BCUT2D eigenvalue weighted by Gasteiger charge is 1.95. The molecule has 0 spiro atoms. The van der Waals surface area contributed by atoms with Crippen molar-refractivity contribution in [3.05, 3.63) is 35.9 Å². The normalized spacial score (nSPS) is 8.10. The largest absolute Gasteiger partial charge is 0.276 e. The van der Waals surface area contributed by atoms with Crippen molar-refractivity contribution in [1.29, 1.82) is 0 Å². The van der Waals surface area contributed by atoms with E-state index in [1.54, 1.807) is 24.3 Å². The highest BCUT2D eigenvalue weighted by Crippen LogP contribution is 2.01. The van der Waals surface area contributed by atoms with E-state index in [0.717, 1.165) is 0 Å². The van der Waals surface area contributed by atoms with Gasteiger partial charge in [-0.05, 0) is 11.6 Å². The molecule has 10 heavy (non-hydrogen) atoms. The van der Waals surface area contributed by atoms with Crippen LogP contribution in [0.15, 0.2) is 30.3 Å². The van der Waals surface area contributed by atoms with E-state index in [4.69, 9.17) is 11.6 Å². The number of hydrogen-bond acceptors (Lipinski definition) is 1. The van der Waals surface area contributed by atoms with Crippen LogP contribution in [0.4, 0.5) is 0 Å². The number of benzene rings is 1. The zero-order valence-corrected chi connectivity index (χ0v) is 8.17. The molecule has 54 valence electrons. The number of rotatable bonds is 1. The molecule has 0 N–H and O–H groups in total. The van der Waals surface area contributed by atoms with Crippen LogP contribution in [0.25, 0.3) is 0 Å². The minimum atomic E-state index is -0.407. The van der Waals surface area contributed by atoms with Gasteiger partial charge in [0, 0.05) is 5.56 Å². The molecule has 0 unspecified atom stereocenters. The summed E-state index contributed by atoms with van der Waals surface area (Å²) in [6.45, 7) is 0. The third-order valence-corrected chi connectivity index (χ3v) is 1.22. The van der Waals surface area contributed by atoms with Crippen LogP contribution in [-0.4, -0.2) is 5.24 Å². The molecule has 0 aliphatic carbocycles. The summed E-state index contributed by atoms with van der Waals surface area (Å²) in [6, 6.07) is 8.74. The van der Waals surface area contributed by atoms with Crippen molar-refractivity contribution in [1.82, 2.24) is 0 Å². The fourth-order valence-electron chi connectivity index (χ4n) is 0.569. The topological polar surface area (TPSA) is 17.1 Å². The molecule has 1 nitrogen and oxygen atoms in total. The Morgan fingerprint density at radius 3 is 2.00 bits per heavy atom. The van der Waals surface area contributed by atoms with E-state index in [1.165, 1.54) is 0 Å². The van der Waals surface area contributed by atoms with Crippen LogP contribution in [0.2, 0.25) is 0 Å². The molecule has 0 aliphatic heterocycles. The minimum absolute atomic E-state index is 0. The molecule has 0 bridgehead atoms. The summed E-state index contributed by atoms with van der Waals surface area (Å²) in [5.41, 5.74) is 0.541. The van der Waals surface area contributed by atoms with Crippen molar-refractivity contribution < 1.29 is 4.79 Å². The van der Waals surface area contributed by atoms with Crippen LogP contribution in [-0.2, 0) is 0 Å². The van der Waals surface area contributed by atoms with E-state index >= 15 is 0 Å². The van der Waals surface area contributed by atoms with E-state index in [9.17, 15) is 4.79 Å². The van der Waals surface area contributed by atoms with Gasteiger partial charge in [0.15, 0.2) is 0 Å². The summed E-state index contributed by atoms with van der Waals surface area (Å²) in [5, 5.41) is -0.407. The predicted octanol–water partition coefficient (Wildman–Crippen LogP) is 2.68. The molecule has 0 aromatic heterocycles. The molecule has 0 atom stereocenters. The van der Waals surface area contributed by atoms with Gasteiger partial charge in [0.25, 0.3) is 5.24 Å². The average Bonchev–Trinajstić information content (AvgIpc) is 1.90. The Morgan fingerprint density at radius 1 is 1.20 bits per heavy atom. The van der Waals surface area contributed by atoms with Crippen molar-refractivity contribution in [2.45, 2.75) is 0 Å². The summed E-state index contributed by atoms with van der Waals surface area (Å²) in [7, 11) is 0. The maximum Gasteiger partial charge on any atom is 0.252 e.